The molecular weight excluding hydrogens is 382 g/mol. The number of ether oxygens (including phenoxy) is 2. The van der Waals surface area contributed by atoms with Gasteiger partial charge in [0.05, 0.1) is 22.9 Å². The standard InChI is InChI=1S/C24H35NO3S/c1-17(14-19-16-29-18(2)25-19)21-15-22-20(27-22)10-8-6-5-7-9-12-24(3,4)13-11-23(26)28-21/h6,8,14,16,20-22H,5,7,9-13,15H2,1-4H3/b8-6-,17-14+. The van der Waals surface area contributed by atoms with Gasteiger partial charge in [-0.1, -0.05) is 32.4 Å². The lowest BCUT2D eigenvalue weighted by Crippen LogP contribution is -2.23. The Labute approximate surface area is 179 Å². The monoisotopic (exact) mass is 417 g/mol. The molecule has 0 saturated carbocycles. The molecule has 1 saturated heterocycles. The van der Waals surface area contributed by atoms with Gasteiger partial charge in [-0.3, -0.25) is 4.79 Å². The SMILES string of the molecule is C/C(=C\c1csc(C)n1)C1CC2OC2C/C=C\CCCCC(C)(C)CCC(=O)O1. The minimum atomic E-state index is -0.250. The number of thiazole rings is 1. The predicted molar refractivity (Wildman–Crippen MR) is 119 cm³/mol. The molecule has 0 bridgehead atoms. The first-order chi connectivity index (χ1) is 13.8. The molecule has 5 heteroatoms. The lowest BCUT2D eigenvalue weighted by molar-refractivity contribution is -0.148. The Kier molecular flexibility index (Phi) is 7.69. The van der Waals surface area contributed by atoms with Gasteiger partial charge in [-0.05, 0) is 63.0 Å². The van der Waals surface area contributed by atoms with Crippen molar-refractivity contribution < 1.29 is 14.3 Å². The highest BCUT2D eigenvalue weighted by molar-refractivity contribution is 7.09. The Balaban J connectivity index is 1.70. The van der Waals surface area contributed by atoms with Gasteiger partial charge in [0.15, 0.2) is 0 Å². The summed E-state index contributed by atoms with van der Waals surface area (Å²) in [6.07, 6.45) is 14.5. The molecule has 2 aliphatic rings. The molecule has 3 heterocycles. The number of aryl methyl sites for hydroxylation is 1. The van der Waals surface area contributed by atoms with Crippen LogP contribution in [0.4, 0.5) is 0 Å². The van der Waals surface area contributed by atoms with Crippen molar-refractivity contribution in [1.29, 1.82) is 0 Å². The lowest BCUT2D eigenvalue weighted by Gasteiger charge is -2.25. The average Bonchev–Trinajstić information content (AvgIpc) is 3.27. The number of carbonyl (C=O) groups is 1. The van der Waals surface area contributed by atoms with E-state index in [0.29, 0.717) is 6.42 Å². The third-order valence-corrected chi connectivity index (χ3v) is 6.73. The first-order valence-electron chi connectivity index (χ1n) is 10.9. The topological polar surface area (TPSA) is 51.7 Å². The van der Waals surface area contributed by atoms with Crippen LogP contribution >= 0.6 is 11.3 Å². The van der Waals surface area contributed by atoms with Crippen LogP contribution in [-0.4, -0.2) is 29.3 Å². The van der Waals surface area contributed by atoms with E-state index in [9.17, 15) is 4.79 Å². The first-order valence-corrected chi connectivity index (χ1v) is 11.8. The molecular formula is C24H35NO3S. The second kappa shape index (κ2) is 10.0. The Morgan fingerprint density at radius 1 is 1.24 bits per heavy atom. The van der Waals surface area contributed by atoms with E-state index in [1.54, 1.807) is 11.3 Å². The zero-order valence-electron chi connectivity index (χ0n) is 18.3. The lowest BCUT2D eigenvalue weighted by atomic mass is 9.82. The van der Waals surface area contributed by atoms with E-state index in [-0.39, 0.29) is 29.7 Å². The van der Waals surface area contributed by atoms with Crippen molar-refractivity contribution >= 4 is 23.4 Å². The molecule has 0 N–H and O–H groups in total. The van der Waals surface area contributed by atoms with Crippen LogP contribution in [0.2, 0.25) is 0 Å². The second-order valence-corrected chi connectivity index (χ2v) is 10.3. The van der Waals surface area contributed by atoms with Crippen LogP contribution in [0.25, 0.3) is 6.08 Å². The van der Waals surface area contributed by atoms with Gasteiger partial charge in [0.2, 0.25) is 0 Å². The summed E-state index contributed by atoms with van der Waals surface area (Å²) in [4.78, 5) is 17.2. The molecule has 0 aliphatic carbocycles. The fourth-order valence-corrected chi connectivity index (χ4v) is 4.47. The Bertz CT molecular complexity index is 749. The van der Waals surface area contributed by atoms with E-state index < -0.39 is 0 Å². The molecule has 3 rings (SSSR count). The predicted octanol–water partition coefficient (Wildman–Crippen LogP) is 6.25. The third kappa shape index (κ3) is 7.38. The summed E-state index contributed by atoms with van der Waals surface area (Å²) in [5.74, 6) is -0.102. The van der Waals surface area contributed by atoms with E-state index in [0.717, 1.165) is 48.4 Å². The van der Waals surface area contributed by atoms with Crippen molar-refractivity contribution in [3.8, 4) is 0 Å². The molecule has 0 radical (unpaired) electrons. The maximum absolute atomic E-state index is 12.6. The number of carbonyl (C=O) groups excluding carboxylic acids is 1. The van der Waals surface area contributed by atoms with Crippen molar-refractivity contribution in [3.63, 3.8) is 0 Å². The van der Waals surface area contributed by atoms with E-state index in [2.05, 4.69) is 31.0 Å². The van der Waals surface area contributed by atoms with Gasteiger partial charge >= 0.3 is 5.97 Å². The number of aromatic nitrogens is 1. The van der Waals surface area contributed by atoms with Crippen LogP contribution in [0.3, 0.4) is 0 Å². The van der Waals surface area contributed by atoms with Crippen LogP contribution in [0, 0.1) is 12.3 Å². The summed E-state index contributed by atoms with van der Waals surface area (Å²) in [5, 5.41) is 3.08. The summed E-state index contributed by atoms with van der Waals surface area (Å²) in [7, 11) is 0. The minimum absolute atomic E-state index is 0.102. The largest absolute Gasteiger partial charge is 0.458 e. The zero-order valence-corrected chi connectivity index (χ0v) is 19.1. The molecule has 3 atom stereocenters. The number of hydrogen-bond acceptors (Lipinski definition) is 5. The number of hydrogen-bond donors (Lipinski definition) is 0. The Hall–Kier alpha value is -1.46. The molecule has 0 amide bonds. The normalized spacial score (nSPS) is 30.3. The maximum atomic E-state index is 12.6. The molecule has 1 aromatic rings. The van der Waals surface area contributed by atoms with Gasteiger partial charge in [0.1, 0.15) is 6.10 Å². The molecule has 0 aromatic carbocycles. The van der Waals surface area contributed by atoms with E-state index in [1.807, 2.05) is 25.3 Å². The zero-order chi connectivity index (χ0) is 20.9. The van der Waals surface area contributed by atoms with Crippen LogP contribution in [0.1, 0.15) is 82.8 Å². The summed E-state index contributed by atoms with van der Waals surface area (Å²) in [5.41, 5.74) is 2.14. The van der Waals surface area contributed by atoms with Crippen LogP contribution < -0.4 is 0 Å². The highest BCUT2D eigenvalue weighted by atomic mass is 32.1. The highest BCUT2D eigenvalue weighted by Crippen LogP contribution is 2.34. The number of rotatable bonds is 2. The number of epoxide rings is 1. The summed E-state index contributed by atoms with van der Waals surface area (Å²) < 4.78 is 11.8. The molecule has 1 aromatic heterocycles. The van der Waals surface area contributed by atoms with E-state index >= 15 is 0 Å². The number of fused-ring (bicyclic) bond motifs is 1. The van der Waals surface area contributed by atoms with Crippen molar-refractivity contribution in [2.75, 3.05) is 0 Å². The van der Waals surface area contributed by atoms with E-state index in [1.165, 1.54) is 12.8 Å². The molecule has 0 spiro atoms. The smallest absolute Gasteiger partial charge is 0.306 e. The Morgan fingerprint density at radius 3 is 2.83 bits per heavy atom. The quantitative estimate of drug-likeness (QED) is 0.324. The van der Waals surface area contributed by atoms with Crippen LogP contribution in [-0.2, 0) is 14.3 Å². The summed E-state index contributed by atoms with van der Waals surface area (Å²) in [6, 6.07) is 0. The van der Waals surface area contributed by atoms with Crippen molar-refractivity contribution in [1.82, 2.24) is 4.98 Å². The van der Waals surface area contributed by atoms with E-state index in [4.69, 9.17) is 9.47 Å². The van der Waals surface area contributed by atoms with Gasteiger partial charge in [-0.25, -0.2) is 4.98 Å². The number of esters is 1. The first kappa shape index (κ1) is 22.2. The summed E-state index contributed by atoms with van der Waals surface area (Å²) in [6.45, 7) is 8.55. The second-order valence-electron chi connectivity index (χ2n) is 9.22. The van der Waals surface area contributed by atoms with Gasteiger partial charge < -0.3 is 9.47 Å². The van der Waals surface area contributed by atoms with Crippen molar-refractivity contribution in [3.05, 3.63) is 33.8 Å². The summed E-state index contributed by atoms with van der Waals surface area (Å²) >= 11 is 1.63. The minimum Gasteiger partial charge on any atom is -0.458 e. The van der Waals surface area contributed by atoms with Gasteiger partial charge in [0, 0.05) is 18.2 Å². The van der Waals surface area contributed by atoms with Gasteiger partial charge in [0.25, 0.3) is 0 Å². The molecule has 1 fully saturated rings. The molecule has 160 valence electrons. The molecule has 4 nitrogen and oxygen atoms in total. The molecule has 29 heavy (non-hydrogen) atoms. The fourth-order valence-electron chi connectivity index (χ4n) is 3.90. The number of allylic oxidation sites excluding steroid dienone is 1. The van der Waals surface area contributed by atoms with Crippen molar-refractivity contribution in [2.45, 2.75) is 97.4 Å². The average molecular weight is 418 g/mol. The highest BCUT2D eigenvalue weighted by Gasteiger charge is 2.40. The maximum Gasteiger partial charge on any atom is 0.306 e. The van der Waals surface area contributed by atoms with Gasteiger partial charge in [-0.15, -0.1) is 11.3 Å². The fraction of sp³-hybridized carbons (Fsp3) is 0.667. The number of cyclic esters (lactones) is 1. The molecule has 2 aliphatic heterocycles. The molecule has 3 unspecified atom stereocenters. The van der Waals surface area contributed by atoms with Crippen molar-refractivity contribution in [2.24, 2.45) is 5.41 Å². The Morgan fingerprint density at radius 2 is 2.07 bits per heavy atom. The third-order valence-electron chi connectivity index (χ3n) is 5.94. The van der Waals surface area contributed by atoms with Crippen LogP contribution in [0.15, 0.2) is 23.1 Å². The number of nitrogens with zero attached hydrogens (tertiary/aromatic N) is 1. The van der Waals surface area contributed by atoms with Gasteiger partial charge in [-0.2, -0.15) is 0 Å². The van der Waals surface area contributed by atoms with Crippen LogP contribution in [0.5, 0.6) is 0 Å².